The largest absolute Gasteiger partial charge is 0.364 e. The first-order chi connectivity index (χ1) is 7.69. The highest BCUT2D eigenvalue weighted by molar-refractivity contribution is 6.30. The highest BCUT2D eigenvalue weighted by atomic mass is 35.5. The van der Waals surface area contributed by atoms with Crippen LogP contribution in [0, 0.1) is 24.7 Å². The lowest BCUT2D eigenvalue weighted by atomic mass is 10.0. The van der Waals surface area contributed by atoms with Crippen molar-refractivity contribution in [3.63, 3.8) is 0 Å². The van der Waals surface area contributed by atoms with Crippen LogP contribution in [0.3, 0.4) is 0 Å². The Labute approximate surface area is 108 Å². The minimum absolute atomic E-state index is 0.286. The third kappa shape index (κ3) is 1.71. The van der Waals surface area contributed by atoms with Gasteiger partial charge in [-0.05, 0) is 35.8 Å². The lowest BCUT2D eigenvalue weighted by Crippen LogP contribution is -2.13. The third-order valence-electron chi connectivity index (χ3n) is 4.77. The molecule has 0 radical (unpaired) electrons. The molecule has 0 spiro atoms. The van der Waals surface area contributed by atoms with Crippen molar-refractivity contribution in [1.29, 1.82) is 0 Å². The molecule has 1 aliphatic rings. The molecule has 0 amide bonds. The molecule has 17 heavy (non-hydrogen) atoms. The van der Waals surface area contributed by atoms with Crippen molar-refractivity contribution >= 4 is 17.4 Å². The molecular formula is C13H20ClN3. The van der Waals surface area contributed by atoms with Crippen LogP contribution in [0.2, 0.25) is 5.15 Å². The fraction of sp³-hybridized carbons (Fsp3) is 0.692. The van der Waals surface area contributed by atoms with Gasteiger partial charge in [-0.2, -0.15) is 0 Å². The van der Waals surface area contributed by atoms with E-state index in [0.29, 0.717) is 11.2 Å². The number of hydrogen-bond acceptors (Lipinski definition) is 3. The van der Waals surface area contributed by atoms with Gasteiger partial charge in [0, 0.05) is 6.04 Å². The van der Waals surface area contributed by atoms with E-state index in [2.05, 4.69) is 43.2 Å². The Balaban J connectivity index is 2.25. The van der Waals surface area contributed by atoms with Crippen LogP contribution < -0.4 is 5.32 Å². The quantitative estimate of drug-likeness (QED) is 0.875. The predicted molar refractivity (Wildman–Crippen MR) is 71.5 cm³/mol. The van der Waals surface area contributed by atoms with Crippen LogP contribution >= 0.6 is 11.6 Å². The summed E-state index contributed by atoms with van der Waals surface area (Å²) < 4.78 is 0. The molecule has 1 aromatic rings. The van der Waals surface area contributed by atoms with E-state index in [1.807, 2.05) is 13.8 Å². The van der Waals surface area contributed by atoms with Crippen molar-refractivity contribution in [3.8, 4) is 0 Å². The van der Waals surface area contributed by atoms with E-state index in [0.717, 1.165) is 16.9 Å². The van der Waals surface area contributed by atoms with Crippen LogP contribution in [0.1, 0.15) is 38.8 Å². The molecular weight excluding hydrogens is 234 g/mol. The van der Waals surface area contributed by atoms with Gasteiger partial charge in [0.15, 0.2) is 11.0 Å². The Morgan fingerprint density at radius 2 is 1.53 bits per heavy atom. The SMILES string of the molecule is Cc1c(Cl)nnc(NC2C(C)(C)C2(C)C)c1C. The van der Waals surface area contributed by atoms with Crippen LogP contribution in [-0.2, 0) is 0 Å². The zero-order chi connectivity index (χ0) is 13.0. The molecule has 0 bridgehead atoms. The second kappa shape index (κ2) is 3.58. The Kier molecular flexibility index (Phi) is 2.66. The molecule has 3 nitrogen and oxygen atoms in total. The number of anilines is 1. The molecule has 0 saturated heterocycles. The fourth-order valence-corrected chi connectivity index (χ4v) is 2.59. The van der Waals surface area contributed by atoms with E-state index < -0.39 is 0 Å². The summed E-state index contributed by atoms with van der Waals surface area (Å²) in [6.07, 6.45) is 0. The first kappa shape index (κ1) is 12.6. The molecule has 1 saturated carbocycles. The number of nitrogens with zero attached hydrogens (tertiary/aromatic N) is 2. The summed E-state index contributed by atoms with van der Waals surface area (Å²) in [5.74, 6) is 0.857. The minimum atomic E-state index is 0.286. The lowest BCUT2D eigenvalue weighted by molar-refractivity contribution is 0.457. The van der Waals surface area contributed by atoms with Gasteiger partial charge < -0.3 is 5.32 Å². The van der Waals surface area contributed by atoms with E-state index in [4.69, 9.17) is 11.6 Å². The van der Waals surface area contributed by atoms with Crippen molar-refractivity contribution < 1.29 is 0 Å². The molecule has 1 heterocycles. The monoisotopic (exact) mass is 253 g/mol. The highest BCUT2D eigenvalue weighted by Crippen LogP contribution is 2.63. The van der Waals surface area contributed by atoms with Gasteiger partial charge in [-0.3, -0.25) is 0 Å². The number of hydrogen-bond donors (Lipinski definition) is 1. The van der Waals surface area contributed by atoms with E-state index >= 15 is 0 Å². The van der Waals surface area contributed by atoms with Crippen LogP contribution in [0.25, 0.3) is 0 Å². The molecule has 0 unspecified atom stereocenters. The molecule has 0 atom stereocenters. The Hall–Kier alpha value is -0.830. The summed E-state index contributed by atoms with van der Waals surface area (Å²) in [6.45, 7) is 13.1. The molecule has 2 rings (SSSR count). The van der Waals surface area contributed by atoms with E-state index in [9.17, 15) is 0 Å². The number of halogens is 1. The third-order valence-corrected chi connectivity index (χ3v) is 5.13. The average Bonchev–Trinajstić information content (AvgIpc) is 2.61. The first-order valence-corrected chi connectivity index (χ1v) is 6.33. The molecule has 4 heteroatoms. The summed E-state index contributed by atoms with van der Waals surface area (Å²) in [7, 11) is 0. The van der Waals surface area contributed by atoms with Crippen molar-refractivity contribution in [2.45, 2.75) is 47.6 Å². The number of aromatic nitrogens is 2. The second-order valence-corrected chi connectivity index (χ2v) is 6.47. The van der Waals surface area contributed by atoms with Crippen LogP contribution in [0.15, 0.2) is 0 Å². The van der Waals surface area contributed by atoms with E-state index in [1.54, 1.807) is 0 Å². The Bertz CT molecular complexity index is 452. The topological polar surface area (TPSA) is 37.8 Å². The molecule has 1 aromatic heterocycles. The van der Waals surface area contributed by atoms with Gasteiger partial charge >= 0.3 is 0 Å². The summed E-state index contributed by atoms with van der Waals surface area (Å²) in [5, 5.41) is 12.1. The van der Waals surface area contributed by atoms with Crippen LogP contribution in [-0.4, -0.2) is 16.2 Å². The zero-order valence-electron chi connectivity index (χ0n) is 11.3. The molecule has 1 fully saturated rings. The van der Waals surface area contributed by atoms with Gasteiger partial charge in [-0.25, -0.2) is 0 Å². The fourth-order valence-electron chi connectivity index (χ4n) is 2.41. The maximum absolute atomic E-state index is 5.95. The van der Waals surface area contributed by atoms with Gasteiger partial charge in [-0.15, -0.1) is 10.2 Å². The lowest BCUT2D eigenvalue weighted by Gasteiger charge is -2.11. The molecule has 94 valence electrons. The first-order valence-electron chi connectivity index (χ1n) is 5.95. The minimum Gasteiger partial charge on any atom is -0.364 e. The Morgan fingerprint density at radius 3 is 2.00 bits per heavy atom. The molecule has 1 aliphatic carbocycles. The van der Waals surface area contributed by atoms with Crippen molar-refractivity contribution in [1.82, 2.24) is 10.2 Å². The van der Waals surface area contributed by atoms with Gasteiger partial charge in [-0.1, -0.05) is 39.3 Å². The average molecular weight is 254 g/mol. The summed E-state index contributed by atoms with van der Waals surface area (Å²) >= 11 is 5.95. The number of nitrogens with one attached hydrogen (secondary N) is 1. The van der Waals surface area contributed by atoms with E-state index in [-0.39, 0.29) is 10.8 Å². The maximum atomic E-state index is 5.95. The second-order valence-electron chi connectivity index (χ2n) is 6.11. The highest BCUT2D eigenvalue weighted by Gasteiger charge is 2.65. The van der Waals surface area contributed by atoms with Crippen LogP contribution in [0.4, 0.5) is 5.82 Å². The predicted octanol–water partition coefficient (Wildman–Crippen LogP) is 3.59. The van der Waals surface area contributed by atoms with Crippen molar-refractivity contribution in [2.75, 3.05) is 5.32 Å². The zero-order valence-corrected chi connectivity index (χ0v) is 12.1. The molecule has 0 aliphatic heterocycles. The Morgan fingerprint density at radius 1 is 1.00 bits per heavy atom. The van der Waals surface area contributed by atoms with Gasteiger partial charge in [0.25, 0.3) is 0 Å². The smallest absolute Gasteiger partial charge is 0.155 e. The van der Waals surface area contributed by atoms with Crippen molar-refractivity contribution in [2.24, 2.45) is 10.8 Å². The molecule has 1 N–H and O–H groups in total. The van der Waals surface area contributed by atoms with Crippen LogP contribution in [0.5, 0.6) is 0 Å². The standard InChI is InChI=1S/C13H20ClN3/c1-7-8(2)10(17-16-9(7)14)15-11-12(3,4)13(11,5)6/h11H,1-6H3,(H,15,17). The maximum Gasteiger partial charge on any atom is 0.155 e. The summed E-state index contributed by atoms with van der Waals surface area (Å²) in [4.78, 5) is 0. The van der Waals surface area contributed by atoms with Crippen molar-refractivity contribution in [3.05, 3.63) is 16.3 Å². The van der Waals surface area contributed by atoms with E-state index in [1.165, 1.54) is 0 Å². The number of rotatable bonds is 2. The normalized spacial score (nSPS) is 21.4. The molecule has 0 aromatic carbocycles. The van der Waals surface area contributed by atoms with Gasteiger partial charge in [0.1, 0.15) is 0 Å². The van der Waals surface area contributed by atoms with Gasteiger partial charge in [0.2, 0.25) is 0 Å². The summed E-state index contributed by atoms with van der Waals surface area (Å²) in [5.41, 5.74) is 2.66. The van der Waals surface area contributed by atoms with Gasteiger partial charge in [0.05, 0.1) is 0 Å². The summed E-state index contributed by atoms with van der Waals surface area (Å²) in [6, 6.07) is 0.434.